The largest absolute Gasteiger partial charge is 0.313 e. The maximum atomic E-state index is 3.68. The third kappa shape index (κ3) is 2.49. The highest BCUT2D eigenvalue weighted by Crippen LogP contribution is 2.37. The van der Waals surface area contributed by atoms with Gasteiger partial charge in [0, 0.05) is 30.1 Å². The van der Waals surface area contributed by atoms with Gasteiger partial charge in [0.05, 0.1) is 0 Å². The van der Waals surface area contributed by atoms with Crippen LogP contribution in [0.15, 0.2) is 11.4 Å². The molecular weight excluding hydrogens is 240 g/mol. The Hall–Kier alpha value is -0.380. The van der Waals surface area contributed by atoms with E-state index in [0.29, 0.717) is 12.1 Å². The minimum Gasteiger partial charge on any atom is -0.313 e. The van der Waals surface area contributed by atoms with Crippen LogP contribution in [-0.2, 0) is 6.42 Å². The Balaban J connectivity index is 1.78. The second-order valence-corrected chi connectivity index (χ2v) is 6.62. The summed E-state index contributed by atoms with van der Waals surface area (Å²) >= 11 is 1.96. The fourth-order valence-corrected chi connectivity index (χ4v) is 4.41. The van der Waals surface area contributed by atoms with E-state index in [0.717, 1.165) is 0 Å². The molecule has 0 saturated carbocycles. The van der Waals surface area contributed by atoms with Crippen molar-refractivity contribution in [3.05, 3.63) is 21.9 Å². The lowest BCUT2D eigenvalue weighted by Gasteiger charge is -2.35. The molecule has 1 fully saturated rings. The summed E-state index contributed by atoms with van der Waals surface area (Å²) in [7, 11) is 0. The van der Waals surface area contributed by atoms with Gasteiger partial charge >= 0.3 is 0 Å². The van der Waals surface area contributed by atoms with Crippen LogP contribution in [0.5, 0.6) is 0 Å². The molecule has 1 aliphatic carbocycles. The topological polar surface area (TPSA) is 15.3 Å². The molecule has 3 rings (SSSR count). The molecule has 0 radical (unpaired) electrons. The van der Waals surface area contributed by atoms with E-state index < -0.39 is 0 Å². The van der Waals surface area contributed by atoms with E-state index in [-0.39, 0.29) is 0 Å². The monoisotopic (exact) mass is 264 g/mol. The molecule has 0 bridgehead atoms. The minimum absolute atomic E-state index is 0.691. The molecular formula is C15H24N2S. The zero-order chi connectivity index (χ0) is 12.4. The van der Waals surface area contributed by atoms with Crippen molar-refractivity contribution in [3.63, 3.8) is 0 Å². The summed E-state index contributed by atoms with van der Waals surface area (Å²) < 4.78 is 0. The van der Waals surface area contributed by atoms with Crippen molar-refractivity contribution < 1.29 is 0 Å². The molecule has 1 aromatic rings. The summed E-state index contributed by atoms with van der Waals surface area (Å²) in [5.74, 6) is 0. The number of hydrogen-bond donors (Lipinski definition) is 1. The SMILES string of the molecule is CCC1CN(C2CCCc3sccc32)CCCN1. The standard InChI is InChI=1S/C15H24N2S/c1-2-12-11-17(9-4-8-16-12)14-5-3-6-15-13(14)7-10-18-15/h7,10,12,14,16H,2-6,8-9,11H2,1H3. The Morgan fingerprint density at radius 2 is 2.39 bits per heavy atom. The van der Waals surface area contributed by atoms with Gasteiger partial charge in [-0.3, -0.25) is 4.90 Å². The highest BCUT2D eigenvalue weighted by molar-refractivity contribution is 7.10. The van der Waals surface area contributed by atoms with Crippen molar-refractivity contribution in [2.24, 2.45) is 0 Å². The normalized spacial score (nSPS) is 29.8. The zero-order valence-electron chi connectivity index (χ0n) is 11.3. The quantitative estimate of drug-likeness (QED) is 0.882. The molecule has 1 aliphatic heterocycles. The third-order valence-corrected chi connectivity index (χ3v) is 5.46. The van der Waals surface area contributed by atoms with Crippen LogP contribution in [-0.4, -0.2) is 30.6 Å². The Morgan fingerprint density at radius 3 is 3.28 bits per heavy atom. The molecule has 0 amide bonds. The lowest BCUT2D eigenvalue weighted by Crippen LogP contribution is -2.39. The van der Waals surface area contributed by atoms with Gasteiger partial charge in [0.2, 0.25) is 0 Å². The van der Waals surface area contributed by atoms with E-state index in [4.69, 9.17) is 0 Å². The van der Waals surface area contributed by atoms with Gasteiger partial charge in [0.1, 0.15) is 0 Å². The van der Waals surface area contributed by atoms with E-state index in [1.807, 2.05) is 11.3 Å². The lowest BCUT2D eigenvalue weighted by atomic mass is 9.92. The van der Waals surface area contributed by atoms with Crippen LogP contribution >= 0.6 is 11.3 Å². The second-order valence-electron chi connectivity index (χ2n) is 5.61. The smallest absolute Gasteiger partial charge is 0.0359 e. The first-order valence-electron chi connectivity index (χ1n) is 7.42. The second kappa shape index (κ2) is 5.72. The number of nitrogens with zero attached hydrogens (tertiary/aromatic N) is 1. The van der Waals surface area contributed by atoms with Crippen LogP contribution in [0, 0.1) is 0 Å². The molecule has 2 atom stereocenters. The Kier molecular flexibility index (Phi) is 4.02. The first-order chi connectivity index (χ1) is 8.88. The highest BCUT2D eigenvalue weighted by atomic mass is 32.1. The summed E-state index contributed by atoms with van der Waals surface area (Å²) in [6.07, 6.45) is 6.60. The average Bonchev–Trinajstić information content (AvgIpc) is 2.75. The minimum atomic E-state index is 0.691. The molecule has 2 unspecified atom stereocenters. The molecule has 2 heterocycles. The summed E-state index contributed by atoms with van der Waals surface area (Å²) in [5, 5.41) is 5.97. The molecule has 3 heteroatoms. The third-order valence-electron chi connectivity index (χ3n) is 4.46. The predicted octanol–water partition coefficient (Wildman–Crippen LogP) is 3.20. The van der Waals surface area contributed by atoms with Crippen LogP contribution in [0.4, 0.5) is 0 Å². The number of rotatable bonds is 2. The fraction of sp³-hybridized carbons (Fsp3) is 0.733. The Morgan fingerprint density at radius 1 is 1.44 bits per heavy atom. The average molecular weight is 264 g/mol. The molecule has 2 aliphatic rings. The van der Waals surface area contributed by atoms with Crippen molar-refractivity contribution in [1.82, 2.24) is 10.2 Å². The van der Waals surface area contributed by atoms with Crippen LogP contribution in [0.1, 0.15) is 49.1 Å². The number of hydrogen-bond acceptors (Lipinski definition) is 3. The van der Waals surface area contributed by atoms with Gasteiger partial charge in [-0.1, -0.05) is 6.92 Å². The molecule has 100 valence electrons. The van der Waals surface area contributed by atoms with E-state index in [1.54, 1.807) is 10.4 Å². The van der Waals surface area contributed by atoms with Gasteiger partial charge < -0.3 is 5.32 Å². The fourth-order valence-electron chi connectivity index (χ4n) is 3.43. The molecule has 0 aromatic carbocycles. The van der Waals surface area contributed by atoms with Gasteiger partial charge in [-0.2, -0.15) is 0 Å². The molecule has 0 spiro atoms. The summed E-state index contributed by atoms with van der Waals surface area (Å²) in [6, 6.07) is 3.77. The number of fused-ring (bicyclic) bond motifs is 1. The summed E-state index contributed by atoms with van der Waals surface area (Å²) in [5.41, 5.74) is 1.64. The van der Waals surface area contributed by atoms with E-state index in [9.17, 15) is 0 Å². The first-order valence-corrected chi connectivity index (χ1v) is 8.30. The van der Waals surface area contributed by atoms with Crippen molar-refractivity contribution in [2.45, 2.75) is 51.1 Å². The van der Waals surface area contributed by atoms with E-state index in [2.05, 4.69) is 28.6 Å². The van der Waals surface area contributed by atoms with Crippen LogP contribution < -0.4 is 5.32 Å². The predicted molar refractivity (Wildman–Crippen MR) is 78.3 cm³/mol. The molecule has 2 nitrogen and oxygen atoms in total. The first kappa shape index (κ1) is 12.6. The van der Waals surface area contributed by atoms with Gasteiger partial charge in [-0.25, -0.2) is 0 Å². The van der Waals surface area contributed by atoms with Crippen LogP contribution in [0.3, 0.4) is 0 Å². The number of nitrogens with one attached hydrogen (secondary N) is 1. The number of aryl methyl sites for hydroxylation is 1. The summed E-state index contributed by atoms with van der Waals surface area (Å²) in [4.78, 5) is 4.40. The Labute approximate surface area is 114 Å². The van der Waals surface area contributed by atoms with Crippen molar-refractivity contribution >= 4 is 11.3 Å². The maximum Gasteiger partial charge on any atom is 0.0359 e. The van der Waals surface area contributed by atoms with Crippen molar-refractivity contribution in [2.75, 3.05) is 19.6 Å². The molecule has 1 N–H and O–H groups in total. The maximum absolute atomic E-state index is 3.68. The van der Waals surface area contributed by atoms with Crippen LogP contribution in [0.2, 0.25) is 0 Å². The molecule has 1 saturated heterocycles. The van der Waals surface area contributed by atoms with Gasteiger partial charge in [-0.15, -0.1) is 11.3 Å². The molecule has 1 aromatic heterocycles. The van der Waals surface area contributed by atoms with E-state index in [1.165, 1.54) is 51.7 Å². The van der Waals surface area contributed by atoms with Gasteiger partial charge in [-0.05, 0) is 55.7 Å². The summed E-state index contributed by atoms with van der Waals surface area (Å²) in [6.45, 7) is 6.00. The number of thiophene rings is 1. The highest BCUT2D eigenvalue weighted by Gasteiger charge is 2.28. The van der Waals surface area contributed by atoms with Gasteiger partial charge in [0.15, 0.2) is 0 Å². The Bertz CT molecular complexity index is 388. The van der Waals surface area contributed by atoms with E-state index >= 15 is 0 Å². The molecule has 18 heavy (non-hydrogen) atoms. The van der Waals surface area contributed by atoms with Gasteiger partial charge in [0.25, 0.3) is 0 Å². The zero-order valence-corrected chi connectivity index (χ0v) is 12.1. The van der Waals surface area contributed by atoms with Crippen molar-refractivity contribution in [1.29, 1.82) is 0 Å². The van der Waals surface area contributed by atoms with Crippen molar-refractivity contribution in [3.8, 4) is 0 Å². The van der Waals surface area contributed by atoms with Crippen LogP contribution in [0.25, 0.3) is 0 Å². The lowest BCUT2D eigenvalue weighted by molar-refractivity contribution is 0.175.